The summed E-state index contributed by atoms with van der Waals surface area (Å²) in [6, 6.07) is 8.62. The highest BCUT2D eigenvalue weighted by molar-refractivity contribution is 5.83. The standard InChI is InChI=1S/C14H16O/c15-14(10-5-6-10)8-7-12-9-11-3-1-2-4-13(11)12/h1-4,10,12H,5-9H2. The summed E-state index contributed by atoms with van der Waals surface area (Å²) in [5, 5.41) is 0. The average molecular weight is 200 g/mol. The van der Waals surface area contributed by atoms with Crippen LogP contribution in [-0.4, -0.2) is 5.78 Å². The van der Waals surface area contributed by atoms with Gasteiger partial charge in [0, 0.05) is 12.3 Å². The van der Waals surface area contributed by atoms with E-state index in [1.165, 1.54) is 17.5 Å². The lowest BCUT2D eigenvalue weighted by molar-refractivity contribution is -0.120. The van der Waals surface area contributed by atoms with Crippen molar-refractivity contribution in [3.8, 4) is 0 Å². The summed E-state index contributed by atoms with van der Waals surface area (Å²) in [7, 11) is 0. The van der Waals surface area contributed by atoms with E-state index in [2.05, 4.69) is 24.3 Å². The van der Waals surface area contributed by atoms with Gasteiger partial charge in [-0.05, 0) is 42.7 Å². The van der Waals surface area contributed by atoms with Crippen molar-refractivity contribution in [1.29, 1.82) is 0 Å². The van der Waals surface area contributed by atoms with Gasteiger partial charge < -0.3 is 0 Å². The Labute approximate surface area is 90.5 Å². The van der Waals surface area contributed by atoms with E-state index in [4.69, 9.17) is 0 Å². The Morgan fingerprint density at radius 3 is 2.80 bits per heavy atom. The Hall–Kier alpha value is -1.11. The second-order valence-electron chi connectivity index (χ2n) is 4.88. The Bertz CT molecular complexity index is 390. The number of carbonyl (C=O) groups is 1. The van der Waals surface area contributed by atoms with Gasteiger partial charge in [0.1, 0.15) is 5.78 Å². The molecule has 1 atom stereocenters. The van der Waals surface area contributed by atoms with Crippen molar-refractivity contribution >= 4 is 5.78 Å². The van der Waals surface area contributed by atoms with Crippen LogP contribution in [0.15, 0.2) is 24.3 Å². The number of Topliss-reactive ketones (excluding diaryl/α,β-unsaturated/α-hetero) is 1. The van der Waals surface area contributed by atoms with Crippen LogP contribution in [0, 0.1) is 5.92 Å². The van der Waals surface area contributed by atoms with E-state index in [9.17, 15) is 4.79 Å². The zero-order valence-electron chi connectivity index (χ0n) is 8.91. The highest BCUT2D eigenvalue weighted by atomic mass is 16.1. The van der Waals surface area contributed by atoms with Crippen LogP contribution in [0.5, 0.6) is 0 Å². The summed E-state index contributed by atoms with van der Waals surface area (Å²) < 4.78 is 0. The van der Waals surface area contributed by atoms with Gasteiger partial charge in [-0.25, -0.2) is 0 Å². The summed E-state index contributed by atoms with van der Waals surface area (Å²) in [4.78, 5) is 11.6. The number of hydrogen-bond donors (Lipinski definition) is 0. The number of carbonyl (C=O) groups excluding carboxylic acids is 1. The summed E-state index contributed by atoms with van der Waals surface area (Å²) in [6.07, 6.45) is 5.38. The van der Waals surface area contributed by atoms with Crippen LogP contribution >= 0.6 is 0 Å². The first-order valence-corrected chi connectivity index (χ1v) is 5.95. The molecule has 0 amide bonds. The number of benzene rings is 1. The monoisotopic (exact) mass is 200 g/mol. The van der Waals surface area contributed by atoms with E-state index in [1.54, 1.807) is 0 Å². The van der Waals surface area contributed by atoms with Crippen molar-refractivity contribution in [3.63, 3.8) is 0 Å². The van der Waals surface area contributed by atoms with Crippen molar-refractivity contribution in [2.45, 2.75) is 38.0 Å². The van der Waals surface area contributed by atoms with Gasteiger partial charge in [0.2, 0.25) is 0 Å². The molecule has 0 saturated heterocycles. The number of hydrogen-bond acceptors (Lipinski definition) is 1. The van der Waals surface area contributed by atoms with Gasteiger partial charge in [-0.1, -0.05) is 24.3 Å². The molecule has 1 aromatic carbocycles. The molecule has 0 aliphatic heterocycles. The van der Waals surface area contributed by atoms with Gasteiger partial charge in [-0.2, -0.15) is 0 Å². The first kappa shape index (κ1) is 9.14. The van der Waals surface area contributed by atoms with Gasteiger partial charge in [-0.3, -0.25) is 4.79 Å². The second kappa shape index (κ2) is 3.48. The van der Waals surface area contributed by atoms with Crippen molar-refractivity contribution in [2.24, 2.45) is 5.92 Å². The van der Waals surface area contributed by atoms with Crippen LogP contribution in [0.2, 0.25) is 0 Å². The van der Waals surface area contributed by atoms with Crippen molar-refractivity contribution in [1.82, 2.24) is 0 Å². The fourth-order valence-corrected chi connectivity index (χ4v) is 2.55. The molecule has 1 saturated carbocycles. The topological polar surface area (TPSA) is 17.1 Å². The van der Waals surface area contributed by atoms with Gasteiger partial charge in [0.05, 0.1) is 0 Å². The van der Waals surface area contributed by atoms with E-state index in [-0.39, 0.29) is 0 Å². The molecule has 1 fully saturated rings. The SMILES string of the molecule is O=C(CCC1Cc2ccccc21)C1CC1. The van der Waals surface area contributed by atoms with Crippen molar-refractivity contribution in [3.05, 3.63) is 35.4 Å². The molecule has 1 unspecified atom stereocenters. The third kappa shape index (κ3) is 1.71. The van der Waals surface area contributed by atoms with Gasteiger partial charge in [0.15, 0.2) is 0 Å². The molecule has 1 aromatic rings. The summed E-state index contributed by atoms with van der Waals surface area (Å²) in [6.45, 7) is 0. The van der Waals surface area contributed by atoms with E-state index < -0.39 is 0 Å². The van der Waals surface area contributed by atoms with E-state index in [0.717, 1.165) is 25.7 Å². The molecule has 0 bridgehead atoms. The minimum Gasteiger partial charge on any atom is -0.299 e. The lowest BCUT2D eigenvalue weighted by Crippen LogP contribution is -2.18. The normalized spacial score (nSPS) is 23.1. The Morgan fingerprint density at radius 2 is 2.07 bits per heavy atom. The highest BCUT2D eigenvalue weighted by Crippen LogP contribution is 2.39. The molecule has 2 aliphatic rings. The van der Waals surface area contributed by atoms with Crippen LogP contribution in [0.25, 0.3) is 0 Å². The second-order valence-corrected chi connectivity index (χ2v) is 4.88. The maximum atomic E-state index is 11.6. The molecule has 0 N–H and O–H groups in total. The van der Waals surface area contributed by atoms with Crippen LogP contribution < -0.4 is 0 Å². The predicted octanol–water partition coefficient (Wildman–Crippen LogP) is 3.09. The molecule has 1 nitrogen and oxygen atoms in total. The lowest BCUT2D eigenvalue weighted by Gasteiger charge is -2.29. The third-order valence-electron chi connectivity index (χ3n) is 3.73. The zero-order chi connectivity index (χ0) is 10.3. The Kier molecular flexibility index (Phi) is 2.12. The highest BCUT2D eigenvalue weighted by Gasteiger charge is 2.31. The lowest BCUT2D eigenvalue weighted by atomic mass is 9.75. The van der Waals surface area contributed by atoms with Crippen LogP contribution in [0.1, 0.15) is 42.7 Å². The fraction of sp³-hybridized carbons (Fsp3) is 0.500. The van der Waals surface area contributed by atoms with Crippen molar-refractivity contribution in [2.75, 3.05) is 0 Å². The molecule has 78 valence electrons. The van der Waals surface area contributed by atoms with Crippen molar-refractivity contribution < 1.29 is 4.79 Å². The average Bonchev–Trinajstić information content (AvgIpc) is 3.02. The minimum atomic E-state index is 0.445. The van der Waals surface area contributed by atoms with Crippen LogP contribution in [-0.2, 0) is 11.2 Å². The minimum absolute atomic E-state index is 0.445. The summed E-state index contributed by atoms with van der Waals surface area (Å²) >= 11 is 0. The molecular weight excluding hydrogens is 184 g/mol. The first-order valence-electron chi connectivity index (χ1n) is 5.95. The number of rotatable bonds is 4. The summed E-state index contributed by atoms with van der Waals surface area (Å²) in [5.74, 6) is 1.63. The molecule has 1 heteroatoms. The molecule has 0 aromatic heterocycles. The summed E-state index contributed by atoms with van der Waals surface area (Å²) in [5.41, 5.74) is 2.97. The quantitative estimate of drug-likeness (QED) is 0.730. The molecular formula is C14H16O. The van der Waals surface area contributed by atoms with E-state index in [0.29, 0.717) is 17.6 Å². The van der Waals surface area contributed by atoms with Gasteiger partial charge in [-0.15, -0.1) is 0 Å². The van der Waals surface area contributed by atoms with E-state index >= 15 is 0 Å². The maximum absolute atomic E-state index is 11.6. The van der Waals surface area contributed by atoms with Crippen LogP contribution in [0.4, 0.5) is 0 Å². The molecule has 2 aliphatic carbocycles. The van der Waals surface area contributed by atoms with Gasteiger partial charge >= 0.3 is 0 Å². The Balaban J connectivity index is 1.56. The smallest absolute Gasteiger partial charge is 0.135 e. The Morgan fingerprint density at radius 1 is 1.27 bits per heavy atom. The van der Waals surface area contributed by atoms with Gasteiger partial charge in [0.25, 0.3) is 0 Å². The molecule has 15 heavy (non-hydrogen) atoms. The first-order chi connectivity index (χ1) is 7.34. The fourth-order valence-electron chi connectivity index (χ4n) is 2.55. The largest absolute Gasteiger partial charge is 0.299 e. The molecule has 0 radical (unpaired) electrons. The molecule has 0 spiro atoms. The number of ketones is 1. The zero-order valence-corrected chi connectivity index (χ0v) is 8.91. The van der Waals surface area contributed by atoms with E-state index in [1.807, 2.05) is 0 Å². The third-order valence-corrected chi connectivity index (χ3v) is 3.73. The number of fused-ring (bicyclic) bond motifs is 1. The maximum Gasteiger partial charge on any atom is 0.135 e. The molecule has 0 heterocycles. The predicted molar refractivity (Wildman–Crippen MR) is 59.9 cm³/mol. The van der Waals surface area contributed by atoms with Crippen LogP contribution in [0.3, 0.4) is 0 Å². The molecule has 3 rings (SSSR count).